The average Bonchev–Trinajstić information content (AvgIpc) is 2.79. The van der Waals surface area contributed by atoms with Crippen LogP contribution >= 0.6 is 24.0 Å². The molecule has 0 atom stereocenters. The Balaban J connectivity index is 0.00000341. The molecule has 31 heavy (non-hydrogen) atoms. The zero-order valence-corrected chi connectivity index (χ0v) is 20.6. The lowest BCUT2D eigenvalue weighted by Gasteiger charge is -2.36. The zero-order valence-electron chi connectivity index (χ0n) is 18.3. The van der Waals surface area contributed by atoms with Crippen LogP contribution in [0, 0.1) is 0 Å². The summed E-state index contributed by atoms with van der Waals surface area (Å²) in [6, 6.07) is 15.4. The van der Waals surface area contributed by atoms with Gasteiger partial charge in [-0.3, -0.25) is 4.90 Å². The molecule has 7 nitrogen and oxygen atoms in total. The Kier molecular flexibility index (Phi) is 10.7. The first-order valence-electron chi connectivity index (χ1n) is 10.5. The molecule has 0 amide bonds. The Morgan fingerprint density at radius 1 is 1.06 bits per heavy atom. The number of guanidine groups is 1. The zero-order chi connectivity index (χ0) is 21.2. The number of hydrogen-bond donors (Lipinski definition) is 2. The Hall–Kier alpha value is -2.20. The van der Waals surface area contributed by atoms with Crippen molar-refractivity contribution in [1.82, 2.24) is 15.1 Å². The van der Waals surface area contributed by atoms with Gasteiger partial charge in [0.15, 0.2) is 17.5 Å². The van der Waals surface area contributed by atoms with Crippen LogP contribution in [0.5, 0.6) is 17.2 Å². The van der Waals surface area contributed by atoms with E-state index >= 15 is 0 Å². The molecule has 0 aromatic heterocycles. The minimum absolute atomic E-state index is 0. The van der Waals surface area contributed by atoms with Crippen molar-refractivity contribution in [1.29, 1.82) is 0 Å². The number of rotatable bonds is 8. The number of methoxy groups -OCH3 is 1. The minimum atomic E-state index is 0. The fourth-order valence-corrected chi connectivity index (χ4v) is 3.44. The molecule has 0 radical (unpaired) electrons. The van der Waals surface area contributed by atoms with Gasteiger partial charge in [-0.25, -0.2) is 4.99 Å². The molecule has 1 heterocycles. The maximum atomic E-state index is 10.3. The smallest absolute Gasteiger partial charge is 0.194 e. The summed E-state index contributed by atoms with van der Waals surface area (Å²) in [4.78, 5) is 9.43. The first kappa shape index (κ1) is 25.1. The molecule has 2 N–H and O–H groups in total. The third kappa shape index (κ3) is 7.46. The highest BCUT2D eigenvalue weighted by Crippen LogP contribution is 2.29. The lowest BCUT2D eigenvalue weighted by Crippen LogP contribution is -2.53. The summed E-state index contributed by atoms with van der Waals surface area (Å²) >= 11 is 0. The first-order chi connectivity index (χ1) is 14.7. The van der Waals surface area contributed by atoms with Gasteiger partial charge >= 0.3 is 0 Å². The van der Waals surface area contributed by atoms with Crippen LogP contribution in [0.2, 0.25) is 0 Å². The summed E-state index contributed by atoms with van der Waals surface area (Å²) < 4.78 is 11.0. The van der Waals surface area contributed by atoms with Gasteiger partial charge in [0, 0.05) is 44.8 Å². The third-order valence-corrected chi connectivity index (χ3v) is 5.13. The van der Waals surface area contributed by atoms with Gasteiger partial charge in [-0.05, 0) is 25.1 Å². The van der Waals surface area contributed by atoms with Crippen LogP contribution in [-0.2, 0) is 6.54 Å². The van der Waals surface area contributed by atoms with Crippen molar-refractivity contribution < 1.29 is 14.6 Å². The summed E-state index contributed by atoms with van der Waals surface area (Å²) in [7, 11) is 1.55. The van der Waals surface area contributed by atoms with Crippen LogP contribution in [0.25, 0.3) is 0 Å². The van der Waals surface area contributed by atoms with E-state index in [0.29, 0.717) is 18.9 Å². The molecule has 3 rings (SSSR count). The van der Waals surface area contributed by atoms with Crippen LogP contribution in [0.1, 0.15) is 12.5 Å². The van der Waals surface area contributed by atoms with Gasteiger partial charge in [-0.1, -0.05) is 30.3 Å². The SMILES string of the molecule is CCNC(=NCc1cccc(OC)c1O)N1CCN(CCOc2ccccc2)CC1.I. The number of hydrogen-bond acceptors (Lipinski definition) is 5. The van der Waals surface area contributed by atoms with Gasteiger partial charge in [-0.15, -0.1) is 24.0 Å². The number of para-hydroxylation sites is 2. The molecule has 170 valence electrons. The first-order valence-corrected chi connectivity index (χ1v) is 10.5. The van der Waals surface area contributed by atoms with Crippen molar-refractivity contribution in [3.8, 4) is 17.2 Å². The quantitative estimate of drug-likeness (QED) is 0.305. The number of ether oxygens (including phenoxy) is 2. The fourth-order valence-electron chi connectivity index (χ4n) is 3.44. The van der Waals surface area contributed by atoms with Gasteiger partial charge in [0.2, 0.25) is 0 Å². The van der Waals surface area contributed by atoms with Crippen molar-refractivity contribution in [2.24, 2.45) is 4.99 Å². The van der Waals surface area contributed by atoms with E-state index in [9.17, 15) is 5.11 Å². The fraction of sp³-hybridized carbons (Fsp3) is 0.435. The molecular weight excluding hydrogens is 507 g/mol. The standard InChI is InChI=1S/C23H32N4O3.HI/c1-3-24-23(25-18-19-8-7-11-21(29-2)22(19)28)27-14-12-26(13-15-27)16-17-30-20-9-5-4-6-10-20;/h4-11,28H,3,12-18H2,1-2H3,(H,24,25);1H. The van der Waals surface area contributed by atoms with E-state index in [1.165, 1.54) is 0 Å². The molecule has 0 spiro atoms. The van der Waals surface area contributed by atoms with Crippen LogP contribution in [0.4, 0.5) is 0 Å². The van der Waals surface area contributed by atoms with E-state index < -0.39 is 0 Å². The second-order valence-corrected chi connectivity index (χ2v) is 7.13. The highest BCUT2D eigenvalue weighted by Gasteiger charge is 2.19. The largest absolute Gasteiger partial charge is 0.504 e. The molecule has 0 unspecified atom stereocenters. The highest BCUT2D eigenvalue weighted by molar-refractivity contribution is 14.0. The molecule has 1 aliphatic heterocycles. The van der Waals surface area contributed by atoms with E-state index in [4.69, 9.17) is 14.5 Å². The number of nitrogens with zero attached hydrogens (tertiary/aromatic N) is 3. The number of phenolic OH excluding ortho intramolecular Hbond substituents is 1. The van der Waals surface area contributed by atoms with Gasteiger partial charge < -0.3 is 24.8 Å². The van der Waals surface area contributed by atoms with Crippen molar-refractivity contribution in [2.45, 2.75) is 13.5 Å². The number of aromatic hydroxyl groups is 1. The van der Waals surface area contributed by atoms with E-state index in [1.54, 1.807) is 13.2 Å². The van der Waals surface area contributed by atoms with Crippen molar-refractivity contribution >= 4 is 29.9 Å². The lowest BCUT2D eigenvalue weighted by atomic mass is 10.2. The molecule has 0 bridgehead atoms. The van der Waals surface area contributed by atoms with Crippen molar-refractivity contribution in [2.75, 3.05) is 53.0 Å². The number of aliphatic imine (C=N–C) groups is 1. The van der Waals surface area contributed by atoms with Crippen molar-refractivity contribution in [3.05, 3.63) is 54.1 Å². The van der Waals surface area contributed by atoms with Gasteiger partial charge in [0.1, 0.15) is 12.4 Å². The predicted molar refractivity (Wildman–Crippen MR) is 135 cm³/mol. The predicted octanol–water partition coefficient (Wildman–Crippen LogP) is 3.18. The topological polar surface area (TPSA) is 69.6 Å². The number of benzene rings is 2. The van der Waals surface area contributed by atoms with Crippen LogP contribution in [0.15, 0.2) is 53.5 Å². The molecular formula is C23H33IN4O3. The van der Waals surface area contributed by atoms with E-state index in [-0.39, 0.29) is 29.7 Å². The third-order valence-electron chi connectivity index (χ3n) is 5.13. The van der Waals surface area contributed by atoms with Gasteiger partial charge in [0.25, 0.3) is 0 Å². The number of piperazine rings is 1. The Morgan fingerprint density at radius 3 is 2.48 bits per heavy atom. The summed E-state index contributed by atoms with van der Waals surface area (Å²) in [6.07, 6.45) is 0. The minimum Gasteiger partial charge on any atom is -0.504 e. The molecule has 8 heteroatoms. The highest BCUT2D eigenvalue weighted by atomic mass is 127. The molecule has 1 fully saturated rings. The second kappa shape index (κ2) is 13.3. The molecule has 0 saturated carbocycles. The van der Waals surface area contributed by atoms with E-state index in [0.717, 1.165) is 56.5 Å². The molecule has 2 aromatic carbocycles. The summed E-state index contributed by atoms with van der Waals surface area (Å²) in [5.74, 6) is 2.42. The van der Waals surface area contributed by atoms with Gasteiger partial charge in [0.05, 0.1) is 13.7 Å². The molecule has 1 saturated heterocycles. The number of phenols is 1. The normalized spacial score (nSPS) is 14.6. The summed E-state index contributed by atoms with van der Waals surface area (Å²) in [5, 5.41) is 13.7. The molecule has 1 aliphatic rings. The van der Waals surface area contributed by atoms with E-state index in [2.05, 4.69) is 22.0 Å². The van der Waals surface area contributed by atoms with Crippen LogP contribution < -0.4 is 14.8 Å². The lowest BCUT2D eigenvalue weighted by molar-refractivity contribution is 0.152. The summed E-state index contributed by atoms with van der Waals surface area (Å²) in [5.41, 5.74) is 0.751. The number of halogens is 1. The van der Waals surface area contributed by atoms with Crippen molar-refractivity contribution in [3.63, 3.8) is 0 Å². The van der Waals surface area contributed by atoms with Gasteiger partial charge in [-0.2, -0.15) is 0 Å². The average molecular weight is 540 g/mol. The maximum Gasteiger partial charge on any atom is 0.194 e. The Bertz CT molecular complexity index is 812. The van der Waals surface area contributed by atoms with Crippen LogP contribution in [0.3, 0.4) is 0 Å². The molecule has 2 aromatic rings. The summed E-state index contributed by atoms with van der Waals surface area (Å²) in [6.45, 7) is 8.60. The van der Waals surface area contributed by atoms with E-state index in [1.807, 2.05) is 42.5 Å². The second-order valence-electron chi connectivity index (χ2n) is 7.13. The monoisotopic (exact) mass is 540 g/mol. The Morgan fingerprint density at radius 2 is 1.81 bits per heavy atom. The number of nitrogens with one attached hydrogen (secondary N) is 1. The van der Waals surface area contributed by atoms with Crippen LogP contribution in [-0.4, -0.2) is 73.9 Å². The maximum absolute atomic E-state index is 10.3. The Labute approximate surface area is 202 Å². The molecule has 0 aliphatic carbocycles.